The minimum atomic E-state index is -2.57. The van der Waals surface area contributed by atoms with Crippen LogP contribution in [0.3, 0.4) is 0 Å². The number of pyridine rings is 1. The molecule has 4 heterocycles. The minimum Gasteiger partial charge on any atom is -0.477 e. The number of hydrogen-bond donors (Lipinski definition) is 0. The van der Waals surface area contributed by atoms with E-state index in [1.165, 1.54) is 0 Å². The van der Waals surface area contributed by atoms with Gasteiger partial charge < -0.3 is 14.4 Å². The summed E-state index contributed by atoms with van der Waals surface area (Å²) < 4.78 is 40.1. The number of anilines is 1. The highest BCUT2D eigenvalue weighted by Crippen LogP contribution is 2.42. The van der Waals surface area contributed by atoms with Gasteiger partial charge >= 0.3 is 0 Å². The van der Waals surface area contributed by atoms with Crippen molar-refractivity contribution in [2.75, 3.05) is 31.2 Å². The molecule has 10 heteroatoms. The molecule has 3 aromatic rings. The number of hydrogen-bond acceptors (Lipinski definition) is 7. The van der Waals surface area contributed by atoms with Crippen LogP contribution in [0.25, 0.3) is 11.0 Å². The van der Waals surface area contributed by atoms with Crippen molar-refractivity contribution in [3.8, 4) is 5.88 Å². The van der Waals surface area contributed by atoms with Crippen LogP contribution in [0, 0.1) is 19.8 Å². The van der Waals surface area contributed by atoms with Gasteiger partial charge in [-0.3, -0.25) is 4.68 Å². The van der Waals surface area contributed by atoms with E-state index in [4.69, 9.17) is 14.5 Å². The zero-order chi connectivity index (χ0) is 22.5. The maximum Gasteiger partial charge on any atom is 0.248 e. The third-order valence-electron chi connectivity index (χ3n) is 6.16. The third-order valence-corrected chi connectivity index (χ3v) is 6.16. The second kappa shape index (κ2) is 7.91. The second-order valence-electron chi connectivity index (χ2n) is 8.78. The van der Waals surface area contributed by atoms with Gasteiger partial charge in [0.1, 0.15) is 6.10 Å². The summed E-state index contributed by atoms with van der Waals surface area (Å²) in [6, 6.07) is 1.95. The molecule has 1 aliphatic carbocycles. The lowest BCUT2D eigenvalue weighted by atomic mass is 9.82. The lowest BCUT2D eigenvalue weighted by Gasteiger charge is -2.34. The normalized spacial score (nSPS) is 21.0. The SMILES string of the molecule is Cc1cc2c(OCC3CC(F)(F)C3)nc(N3CCO[C@@H](c4cnn(C)c4)C3)nc2nc1C. The molecule has 0 bridgehead atoms. The van der Waals surface area contributed by atoms with Crippen molar-refractivity contribution >= 4 is 17.0 Å². The average Bonchev–Trinajstić information content (AvgIpc) is 3.18. The topological polar surface area (TPSA) is 78.2 Å². The van der Waals surface area contributed by atoms with Crippen LogP contribution < -0.4 is 9.64 Å². The van der Waals surface area contributed by atoms with Crippen LogP contribution in [-0.2, 0) is 11.8 Å². The molecule has 1 saturated heterocycles. The van der Waals surface area contributed by atoms with E-state index in [0.29, 0.717) is 42.6 Å². The van der Waals surface area contributed by atoms with Crippen LogP contribution in [-0.4, -0.2) is 57.0 Å². The summed E-state index contributed by atoms with van der Waals surface area (Å²) in [5.41, 5.74) is 3.40. The fourth-order valence-electron chi connectivity index (χ4n) is 4.20. The summed E-state index contributed by atoms with van der Waals surface area (Å²) in [7, 11) is 1.87. The lowest BCUT2D eigenvalue weighted by Crippen LogP contribution is -2.39. The van der Waals surface area contributed by atoms with E-state index in [1.54, 1.807) is 10.9 Å². The van der Waals surface area contributed by atoms with Gasteiger partial charge in [-0.05, 0) is 25.5 Å². The standard InChI is InChI=1S/C22H26F2N6O2/c1-13-6-17-19(26-14(13)2)27-21(28-20(17)32-12-15-7-22(23,24)8-15)30-4-5-31-18(11-30)16-9-25-29(3)10-16/h6,9-10,15,18H,4-5,7-8,11-12H2,1-3H3/t18-/m1/s1. The molecule has 0 unspecified atom stereocenters. The van der Waals surface area contributed by atoms with Gasteiger partial charge in [0.25, 0.3) is 0 Å². The molecule has 1 saturated carbocycles. The number of aryl methyl sites for hydroxylation is 3. The zero-order valence-corrected chi connectivity index (χ0v) is 18.4. The smallest absolute Gasteiger partial charge is 0.248 e. The molecule has 0 spiro atoms. The molecular formula is C22H26F2N6O2. The van der Waals surface area contributed by atoms with Crippen molar-refractivity contribution < 1.29 is 18.3 Å². The summed E-state index contributed by atoms with van der Waals surface area (Å²) in [6.07, 6.45) is 3.30. The first-order valence-electron chi connectivity index (χ1n) is 10.8. The molecule has 0 radical (unpaired) electrons. The van der Waals surface area contributed by atoms with Crippen LogP contribution in [0.5, 0.6) is 5.88 Å². The number of halogens is 2. The van der Waals surface area contributed by atoms with Crippen molar-refractivity contribution in [2.45, 2.75) is 38.7 Å². The Morgan fingerprint density at radius 2 is 2.03 bits per heavy atom. The van der Waals surface area contributed by atoms with E-state index in [0.717, 1.165) is 16.8 Å². The Labute approximate surface area is 184 Å². The largest absolute Gasteiger partial charge is 0.477 e. The summed E-state index contributed by atoms with van der Waals surface area (Å²) in [5, 5.41) is 4.93. The maximum absolute atomic E-state index is 13.2. The molecule has 8 nitrogen and oxygen atoms in total. The number of aromatic nitrogens is 5. The van der Waals surface area contributed by atoms with Gasteiger partial charge in [0.2, 0.25) is 17.8 Å². The quantitative estimate of drug-likeness (QED) is 0.597. The highest BCUT2D eigenvalue weighted by atomic mass is 19.3. The number of ether oxygens (including phenoxy) is 2. The van der Waals surface area contributed by atoms with Gasteiger partial charge in [0.15, 0.2) is 5.65 Å². The van der Waals surface area contributed by atoms with Crippen LogP contribution >= 0.6 is 0 Å². The molecule has 3 aromatic heterocycles. The second-order valence-corrected chi connectivity index (χ2v) is 8.78. The molecule has 0 N–H and O–H groups in total. The summed E-state index contributed by atoms with van der Waals surface area (Å²) in [6.45, 7) is 5.81. The molecule has 0 aromatic carbocycles. The number of fused-ring (bicyclic) bond motifs is 1. The number of alkyl halides is 2. The lowest BCUT2D eigenvalue weighted by molar-refractivity contribution is -0.119. The van der Waals surface area contributed by atoms with Crippen molar-refractivity contribution in [2.24, 2.45) is 13.0 Å². The first-order valence-corrected chi connectivity index (χ1v) is 10.8. The minimum absolute atomic E-state index is 0.143. The number of nitrogens with zero attached hydrogens (tertiary/aromatic N) is 6. The molecule has 32 heavy (non-hydrogen) atoms. The Balaban J connectivity index is 1.44. The van der Waals surface area contributed by atoms with Gasteiger partial charge in [-0.25, -0.2) is 13.8 Å². The highest BCUT2D eigenvalue weighted by molar-refractivity contribution is 5.82. The molecule has 1 aliphatic heterocycles. The van der Waals surface area contributed by atoms with Crippen LogP contribution in [0.1, 0.15) is 35.8 Å². The monoisotopic (exact) mass is 444 g/mol. The zero-order valence-electron chi connectivity index (χ0n) is 18.4. The Kier molecular flexibility index (Phi) is 5.19. The van der Waals surface area contributed by atoms with Gasteiger partial charge in [0.05, 0.1) is 31.3 Å². The highest BCUT2D eigenvalue weighted by Gasteiger charge is 2.45. The van der Waals surface area contributed by atoms with Crippen LogP contribution in [0.4, 0.5) is 14.7 Å². The van der Waals surface area contributed by atoms with Crippen molar-refractivity contribution in [1.29, 1.82) is 0 Å². The Hall–Kier alpha value is -2.88. The Bertz CT molecular complexity index is 1140. The van der Waals surface area contributed by atoms with E-state index in [-0.39, 0.29) is 31.5 Å². The van der Waals surface area contributed by atoms with E-state index in [1.807, 2.05) is 38.1 Å². The van der Waals surface area contributed by atoms with E-state index in [9.17, 15) is 8.78 Å². The van der Waals surface area contributed by atoms with E-state index < -0.39 is 5.92 Å². The molecular weight excluding hydrogens is 418 g/mol. The first kappa shape index (κ1) is 21.0. The van der Waals surface area contributed by atoms with Gasteiger partial charge in [0, 0.05) is 49.8 Å². The molecule has 170 valence electrons. The van der Waals surface area contributed by atoms with Gasteiger partial charge in [-0.2, -0.15) is 15.1 Å². The third kappa shape index (κ3) is 4.11. The van der Waals surface area contributed by atoms with Crippen LogP contribution in [0.2, 0.25) is 0 Å². The Morgan fingerprint density at radius 1 is 1.22 bits per heavy atom. The van der Waals surface area contributed by atoms with Crippen molar-refractivity contribution in [1.82, 2.24) is 24.7 Å². The number of morpholine rings is 1. The molecule has 2 fully saturated rings. The fraction of sp³-hybridized carbons (Fsp3) is 0.545. The predicted molar refractivity (Wildman–Crippen MR) is 114 cm³/mol. The summed E-state index contributed by atoms with van der Waals surface area (Å²) in [4.78, 5) is 16.1. The molecule has 1 atom stereocenters. The summed E-state index contributed by atoms with van der Waals surface area (Å²) >= 11 is 0. The maximum atomic E-state index is 13.2. The average molecular weight is 444 g/mol. The van der Waals surface area contributed by atoms with Crippen molar-refractivity contribution in [3.05, 3.63) is 35.3 Å². The van der Waals surface area contributed by atoms with Gasteiger partial charge in [-0.15, -0.1) is 0 Å². The van der Waals surface area contributed by atoms with Gasteiger partial charge in [-0.1, -0.05) is 0 Å². The first-order chi connectivity index (χ1) is 15.3. The number of rotatable bonds is 5. The van der Waals surface area contributed by atoms with E-state index in [2.05, 4.69) is 15.1 Å². The van der Waals surface area contributed by atoms with Crippen molar-refractivity contribution in [3.63, 3.8) is 0 Å². The van der Waals surface area contributed by atoms with Crippen LogP contribution in [0.15, 0.2) is 18.5 Å². The van der Waals surface area contributed by atoms with E-state index >= 15 is 0 Å². The molecule has 2 aliphatic rings. The predicted octanol–water partition coefficient (Wildman–Crippen LogP) is 3.38. The fourth-order valence-corrected chi connectivity index (χ4v) is 4.20. The summed E-state index contributed by atoms with van der Waals surface area (Å²) in [5.74, 6) is -1.85. The molecule has 5 rings (SSSR count). The Morgan fingerprint density at radius 3 is 2.75 bits per heavy atom. The molecule has 0 amide bonds.